The minimum absolute atomic E-state index is 0.00576. The molecule has 3 saturated heterocycles. The number of para-hydroxylation sites is 1. The number of hydrogen-bond acceptors (Lipinski definition) is 9. The van der Waals surface area contributed by atoms with Gasteiger partial charge in [-0.25, -0.2) is 14.6 Å². The highest BCUT2D eigenvalue weighted by Crippen LogP contribution is 2.47. The maximum absolute atomic E-state index is 13.9. The number of carbonyl (C=O) groups is 4. The lowest BCUT2D eigenvalue weighted by Gasteiger charge is -2.54. The quantitative estimate of drug-likeness (QED) is 0.283. The van der Waals surface area contributed by atoms with Crippen molar-refractivity contribution >= 4 is 36.1 Å². The number of hydrogen-bond donors (Lipinski definition) is 3. The zero-order chi connectivity index (χ0) is 33.5. The number of quaternary nitrogens is 1. The Balaban J connectivity index is 1.26. The van der Waals surface area contributed by atoms with Crippen molar-refractivity contribution in [3.05, 3.63) is 84.6 Å². The van der Waals surface area contributed by atoms with Gasteiger partial charge < -0.3 is 34.3 Å². The summed E-state index contributed by atoms with van der Waals surface area (Å²) in [5, 5.41) is 16.3. The zero-order valence-corrected chi connectivity index (χ0v) is 26.9. The van der Waals surface area contributed by atoms with E-state index in [0.29, 0.717) is 25.2 Å². The first kappa shape index (κ1) is 32.2. The van der Waals surface area contributed by atoms with E-state index in [0.717, 1.165) is 11.3 Å². The molecule has 0 spiro atoms. The number of nitrogens with one attached hydrogen (secondary N) is 2. The normalized spacial score (nSPS) is 26.6. The fourth-order valence-corrected chi connectivity index (χ4v) is 7.38. The predicted octanol–water partition coefficient (Wildman–Crippen LogP) is 2.05. The second kappa shape index (κ2) is 12.5. The highest BCUT2D eigenvalue weighted by Gasteiger charge is 2.78. The molecule has 1 aromatic heterocycles. The van der Waals surface area contributed by atoms with Crippen LogP contribution in [0.5, 0.6) is 0 Å². The van der Waals surface area contributed by atoms with Crippen LogP contribution in [-0.2, 0) is 23.7 Å². The number of nitrogens with zero attached hydrogens (tertiary/aromatic N) is 3. The Morgan fingerprint density at radius 3 is 2.09 bits per heavy atom. The van der Waals surface area contributed by atoms with Gasteiger partial charge in [-0.15, -0.1) is 0 Å². The fourth-order valence-electron chi connectivity index (χ4n) is 7.38. The van der Waals surface area contributed by atoms with Crippen LogP contribution < -0.4 is 15.5 Å². The summed E-state index contributed by atoms with van der Waals surface area (Å²) in [6.45, 7) is 3.14. The molecule has 5 atom stereocenters. The molecule has 3 N–H and O–H groups in total. The largest absolute Gasteiger partial charge is 0.606 e. The molecule has 47 heavy (non-hydrogen) atoms. The van der Waals surface area contributed by atoms with Crippen molar-refractivity contribution < 1.29 is 38.0 Å². The van der Waals surface area contributed by atoms with Gasteiger partial charge in [-0.2, -0.15) is 0 Å². The Morgan fingerprint density at radius 2 is 1.51 bits per heavy atom. The number of aliphatic hydroxyl groups is 1. The Hall–Kier alpha value is -4.75. The van der Waals surface area contributed by atoms with E-state index in [1.807, 2.05) is 79.4 Å². The topological polar surface area (TPSA) is 147 Å². The molecule has 13 heteroatoms. The molecule has 4 heterocycles. The number of pyridine rings is 1. The first-order valence-corrected chi connectivity index (χ1v) is 16.0. The number of piperazine rings is 1. The number of amides is 2. The maximum atomic E-state index is 13.9. The van der Waals surface area contributed by atoms with Crippen LogP contribution in [0.15, 0.2) is 78.9 Å². The standard InChI is InChI=1S/C34H40BN5O7/c1-21(2)18-29(35-40(4)27(33(44)46-35)19-39(20-28(40)34(45)47-35)24-14-9-6-10-15-24)37-32(43)30(22(3)41)38-31(42)26-17-11-16-25(36-26)23-12-7-5-8-13-23/h5-17,21-22,27-30,41H,18-20H2,1-4H3,(H,37,43)(H,38,42)/t22-,27-,28-,29+,30+,35?,40?/m1/s1. The van der Waals surface area contributed by atoms with Crippen LogP contribution in [0.1, 0.15) is 37.7 Å². The van der Waals surface area contributed by atoms with Crippen molar-refractivity contribution in [1.82, 2.24) is 15.6 Å². The molecular formula is C34H40BN5O7. The molecule has 0 aliphatic carbocycles. The smallest absolute Gasteiger partial charge is 0.599 e. The second-order valence-corrected chi connectivity index (χ2v) is 13.3. The molecule has 2 amide bonds. The number of carbonyl (C=O) groups excluding carboxylic acids is 4. The van der Waals surface area contributed by atoms with E-state index in [9.17, 15) is 24.3 Å². The minimum atomic E-state index is -2.75. The van der Waals surface area contributed by atoms with Gasteiger partial charge in [-0.3, -0.25) is 9.59 Å². The van der Waals surface area contributed by atoms with Gasteiger partial charge in [0.05, 0.1) is 30.8 Å². The first-order chi connectivity index (χ1) is 22.4. The summed E-state index contributed by atoms with van der Waals surface area (Å²) in [4.78, 5) is 60.9. The molecule has 0 saturated carbocycles. The van der Waals surface area contributed by atoms with Gasteiger partial charge in [0.2, 0.25) is 5.91 Å². The maximum Gasteiger partial charge on any atom is 0.606 e. The average molecular weight is 642 g/mol. The van der Waals surface area contributed by atoms with Crippen LogP contribution in [0, 0.1) is 5.92 Å². The van der Waals surface area contributed by atoms with Crippen molar-refractivity contribution in [3.8, 4) is 11.3 Å². The molecule has 6 rings (SSSR count). The third kappa shape index (κ3) is 5.63. The van der Waals surface area contributed by atoms with E-state index in [1.165, 1.54) is 13.0 Å². The van der Waals surface area contributed by atoms with Crippen molar-refractivity contribution in [1.29, 1.82) is 0 Å². The molecule has 3 aromatic rings. The zero-order valence-electron chi connectivity index (χ0n) is 26.9. The van der Waals surface area contributed by atoms with Gasteiger partial charge >= 0.3 is 18.6 Å². The lowest BCUT2D eigenvalue weighted by Crippen LogP contribution is -2.79. The summed E-state index contributed by atoms with van der Waals surface area (Å²) < 4.78 is 12.1. The van der Waals surface area contributed by atoms with Gasteiger partial charge in [0.15, 0.2) is 12.1 Å². The van der Waals surface area contributed by atoms with Crippen LogP contribution in [0.2, 0.25) is 0 Å². The number of benzene rings is 2. The highest BCUT2D eigenvalue weighted by molar-refractivity contribution is 6.68. The van der Waals surface area contributed by atoms with Crippen LogP contribution in [-0.4, -0.2) is 95.2 Å². The number of aromatic nitrogens is 1. The average Bonchev–Trinajstić information content (AvgIpc) is 3.42. The van der Waals surface area contributed by atoms with Gasteiger partial charge in [0.25, 0.3) is 5.91 Å². The molecule has 12 nitrogen and oxygen atoms in total. The summed E-state index contributed by atoms with van der Waals surface area (Å²) in [7, 11) is 1.80. The van der Waals surface area contributed by atoms with E-state index in [-0.39, 0.29) is 16.0 Å². The molecule has 3 fully saturated rings. The molecule has 3 aliphatic heterocycles. The first-order valence-electron chi connectivity index (χ1n) is 16.0. The Morgan fingerprint density at radius 1 is 0.915 bits per heavy atom. The van der Waals surface area contributed by atoms with Crippen LogP contribution >= 0.6 is 0 Å². The molecule has 3 aliphatic rings. The summed E-state index contributed by atoms with van der Waals surface area (Å²) in [5.41, 5.74) is 2.35. The van der Waals surface area contributed by atoms with Crippen LogP contribution in [0.4, 0.5) is 5.69 Å². The molecule has 2 aromatic carbocycles. The third-order valence-corrected chi connectivity index (χ3v) is 9.80. The van der Waals surface area contributed by atoms with Crippen LogP contribution in [0.25, 0.3) is 11.3 Å². The lowest BCUT2D eigenvalue weighted by atomic mass is 9.56. The lowest BCUT2D eigenvalue weighted by molar-refractivity contribution is -0.845. The second-order valence-electron chi connectivity index (χ2n) is 13.3. The Labute approximate surface area is 273 Å². The van der Waals surface area contributed by atoms with Crippen molar-refractivity contribution in [2.45, 2.75) is 57.4 Å². The Bertz CT molecular complexity index is 1640. The third-order valence-electron chi connectivity index (χ3n) is 9.80. The molecule has 0 unspecified atom stereocenters. The van der Waals surface area contributed by atoms with E-state index >= 15 is 0 Å². The van der Waals surface area contributed by atoms with E-state index in [1.54, 1.807) is 19.2 Å². The van der Waals surface area contributed by atoms with Crippen molar-refractivity contribution in [2.24, 2.45) is 5.92 Å². The highest BCUT2D eigenvalue weighted by atomic mass is 16.7. The van der Waals surface area contributed by atoms with Crippen molar-refractivity contribution in [3.63, 3.8) is 0 Å². The number of aliphatic hydroxyl groups excluding tert-OH is 1. The molecule has 0 bridgehead atoms. The summed E-state index contributed by atoms with van der Waals surface area (Å²) in [6, 6.07) is 21.0. The summed E-state index contributed by atoms with van der Waals surface area (Å²) in [6.07, 6.45) is -0.985. The minimum Gasteiger partial charge on any atom is -0.599 e. The van der Waals surface area contributed by atoms with E-state index < -0.39 is 60.6 Å². The summed E-state index contributed by atoms with van der Waals surface area (Å²) in [5.74, 6) is -3.28. The molecule has 0 radical (unpaired) electrons. The van der Waals surface area contributed by atoms with Crippen LogP contribution in [0.3, 0.4) is 0 Å². The van der Waals surface area contributed by atoms with E-state index in [4.69, 9.17) is 9.31 Å². The monoisotopic (exact) mass is 641 g/mol. The van der Waals surface area contributed by atoms with E-state index in [2.05, 4.69) is 15.6 Å². The summed E-state index contributed by atoms with van der Waals surface area (Å²) >= 11 is 0. The predicted molar refractivity (Wildman–Crippen MR) is 174 cm³/mol. The molecular weight excluding hydrogens is 601 g/mol. The SMILES string of the molecule is CC(C)C[C@H](NC(=O)[C@@H](NC(=O)c1cccc(-c2ccccc2)n1)[C@@H](C)O)[B-]12OC(=O)[C@H]3CN(c4ccccc4)C[C@H](C(=O)O1)[N+]32C. The van der Waals surface area contributed by atoms with Gasteiger partial charge in [-0.05, 0) is 43.5 Å². The number of likely N-dealkylation sites (N-methyl/N-ethyl adjacent to an activating group) is 1. The molecule has 246 valence electrons. The number of anilines is 1. The van der Waals surface area contributed by atoms with Gasteiger partial charge in [0, 0.05) is 18.3 Å². The van der Waals surface area contributed by atoms with Gasteiger partial charge in [-0.1, -0.05) is 68.4 Å². The van der Waals surface area contributed by atoms with Gasteiger partial charge in [0.1, 0.15) is 11.7 Å². The fraction of sp³-hybridized carbons (Fsp3) is 0.382. The number of rotatable bonds is 10. The Kier molecular flexibility index (Phi) is 8.54. The van der Waals surface area contributed by atoms with Crippen molar-refractivity contribution in [2.75, 3.05) is 25.0 Å².